The smallest absolute Gasteiger partial charge is 0.180 e. The third-order valence-corrected chi connectivity index (χ3v) is 5.17. The predicted molar refractivity (Wildman–Crippen MR) is 82.8 cm³/mol. The van der Waals surface area contributed by atoms with Crippen LogP contribution in [0.1, 0.15) is 33.1 Å². The fourth-order valence-corrected chi connectivity index (χ4v) is 3.55. The molecule has 1 aromatic rings. The Balaban J connectivity index is 2.67. The molecule has 4 nitrogen and oxygen atoms in total. The Morgan fingerprint density at radius 2 is 2.00 bits per heavy atom. The third kappa shape index (κ3) is 5.13. The van der Waals surface area contributed by atoms with Gasteiger partial charge in [0.2, 0.25) is 0 Å². The van der Waals surface area contributed by atoms with Crippen LogP contribution < -0.4 is 5.32 Å². The van der Waals surface area contributed by atoms with Crippen molar-refractivity contribution in [2.45, 2.75) is 38.0 Å². The summed E-state index contributed by atoms with van der Waals surface area (Å²) in [4.78, 5) is 0.386. The molecule has 1 rings (SSSR count). The first kappa shape index (κ1) is 17.0. The number of nitrogens with one attached hydrogen (secondary N) is 1. The fourth-order valence-electron chi connectivity index (χ4n) is 2.03. The minimum absolute atomic E-state index is 0.174. The molecule has 1 unspecified atom stereocenters. The van der Waals surface area contributed by atoms with Gasteiger partial charge in [-0.15, -0.1) is 0 Å². The molecule has 0 aliphatic carbocycles. The summed E-state index contributed by atoms with van der Waals surface area (Å²) in [5.74, 6) is 0.462. The van der Waals surface area contributed by atoms with Crippen LogP contribution in [0, 0.1) is 5.92 Å². The molecule has 1 atom stereocenters. The van der Waals surface area contributed by atoms with E-state index >= 15 is 0 Å². The van der Waals surface area contributed by atoms with Crippen molar-refractivity contribution in [3.8, 4) is 0 Å². The first-order valence-corrected chi connectivity index (χ1v) is 8.83. The van der Waals surface area contributed by atoms with E-state index in [4.69, 9.17) is 5.11 Å². The van der Waals surface area contributed by atoms with E-state index in [1.165, 1.54) is 0 Å². The Kier molecular flexibility index (Phi) is 7.02. The molecule has 5 heteroatoms. The van der Waals surface area contributed by atoms with Crippen molar-refractivity contribution in [2.75, 3.05) is 24.2 Å². The van der Waals surface area contributed by atoms with E-state index in [9.17, 15) is 8.42 Å². The number of aliphatic hydroxyl groups excluding tert-OH is 1. The van der Waals surface area contributed by atoms with Crippen molar-refractivity contribution < 1.29 is 13.5 Å². The standard InChI is InChI=1S/C15H25NO3S/c1-3-11-20(18,19)15-9-5-4-8-14(15)16-10-6-7-13(2)12-17/h4-5,8-9,13,16-17H,3,6-7,10-12H2,1-2H3. The Morgan fingerprint density at radius 1 is 1.30 bits per heavy atom. The van der Waals surface area contributed by atoms with Gasteiger partial charge >= 0.3 is 0 Å². The minimum atomic E-state index is -3.20. The summed E-state index contributed by atoms with van der Waals surface area (Å²) in [7, 11) is -3.20. The van der Waals surface area contributed by atoms with Crippen LogP contribution in [0.4, 0.5) is 5.69 Å². The molecule has 0 saturated carbocycles. The van der Waals surface area contributed by atoms with Gasteiger partial charge < -0.3 is 10.4 Å². The minimum Gasteiger partial charge on any atom is -0.396 e. The summed E-state index contributed by atoms with van der Waals surface area (Å²) in [6, 6.07) is 7.05. The Morgan fingerprint density at radius 3 is 2.65 bits per heavy atom. The molecule has 0 aliphatic heterocycles. The van der Waals surface area contributed by atoms with Gasteiger partial charge in [0.15, 0.2) is 9.84 Å². The molecule has 1 aromatic carbocycles. The van der Waals surface area contributed by atoms with E-state index in [0.29, 0.717) is 23.5 Å². The zero-order chi connectivity index (χ0) is 15.0. The van der Waals surface area contributed by atoms with Crippen LogP contribution in [0.25, 0.3) is 0 Å². The molecule has 2 N–H and O–H groups in total. The highest BCUT2D eigenvalue weighted by Crippen LogP contribution is 2.22. The maximum atomic E-state index is 12.2. The maximum absolute atomic E-state index is 12.2. The van der Waals surface area contributed by atoms with E-state index in [1.807, 2.05) is 19.9 Å². The molecule has 114 valence electrons. The molecule has 0 aliphatic rings. The number of hydrogen-bond donors (Lipinski definition) is 2. The third-order valence-electron chi connectivity index (χ3n) is 3.20. The quantitative estimate of drug-likeness (QED) is 0.688. The lowest BCUT2D eigenvalue weighted by atomic mass is 10.1. The van der Waals surface area contributed by atoms with Crippen LogP contribution in [0.15, 0.2) is 29.2 Å². The van der Waals surface area contributed by atoms with E-state index in [0.717, 1.165) is 12.8 Å². The summed E-state index contributed by atoms with van der Waals surface area (Å²) >= 11 is 0. The van der Waals surface area contributed by atoms with Crippen LogP contribution in [0.3, 0.4) is 0 Å². The number of benzene rings is 1. The van der Waals surface area contributed by atoms with E-state index in [2.05, 4.69) is 5.32 Å². The molecule has 0 aromatic heterocycles. The molecule has 0 heterocycles. The van der Waals surface area contributed by atoms with Gasteiger partial charge in [0.05, 0.1) is 16.3 Å². The first-order valence-electron chi connectivity index (χ1n) is 7.17. The van der Waals surface area contributed by atoms with Crippen LogP contribution in [0.5, 0.6) is 0 Å². The molecular formula is C15H25NO3S. The average molecular weight is 299 g/mol. The van der Waals surface area contributed by atoms with Gasteiger partial charge in [-0.1, -0.05) is 26.0 Å². The number of hydrogen-bond acceptors (Lipinski definition) is 4. The molecular weight excluding hydrogens is 274 g/mol. The number of sulfone groups is 1. The molecule has 0 saturated heterocycles. The van der Waals surface area contributed by atoms with E-state index in [1.54, 1.807) is 18.2 Å². The topological polar surface area (TPSA) is 66.4 Å². The number of aliphatic hydroxyl groups is 1. The fraction of sp³-hybridized carbons (Fsp3) is 0.600. The molecule has 20 heavy (non-hydrogen) atoms. The highest BCUT2D eigenvalue weighted by atomic mass is 32.2. The second-order valence-corrected chi connectivity index (χ2v) is 7.25. The monoisotopic (exact) mass is 299 g/mol. The van der Waals surface area contributed by atoms with Gasteiger partial charge in [-0.2, -0.15) is 0 Å². The van der Waals surface area contributed by atoms with Gasteiger partial charge in [0.25, 0.3) is 0 Å². The normalized spacial score (nSPS) is 13.2. The maximum Gasteiger partial charge on any atom is 0.180 e. The highest BCUT2D eigenvalue weighted by molar-refractivity contribution is 7.91. The summed E-state index contributed by atoms with van der Waals surface area (Å²) in [6.45, 7) is 4.77. The van der Waals surface area contributed by atoms with Gasteiger partial charge in [-0.3, -0.25) is 0 Å². The first-order chi connectivity index (χ1) is 9.51. The average Bonchev–Trinajstić information content (AvgIpc) is 2.43. The van der Waals surface area contributed by atoms with Gasteiger partial charge in [-0.25, -0.2) is 8.42 Å². The molecule has 0 radical (unpaired) electrons. The highest BCUT2D eigenvalue weighted by Gasteiger charge is 2.16. The molecule has 0 amide bonds. The lowest BCUT2D eigenvalue weighted by molar-refractivity contribution is 0.229. The molecule has 0 fully saturated rings. The second kappa shape index (κ2) is 8.27. The van der Waals surface area contributed by atoms with Crippen LogP contribution in [-0.2, 0) is 9.84 Å². The summed E-state index contributed by atoms with van der Waals surface area (Å²) < 4.78 is 24.3. The SMILES string of the molecule is CCCS(=O)(=O)c1ccccc1NCCCC(C)CO. The largest absolute Gasteiger partial charge is 0.396 e. The second-order valence-electron chi connectivity index (χ2n) is 5.17. The zero-order valence-electron chi connectivity index (χ0n) is 12.3. The number of para-hydroxylation sites is 1. The predicted octanol–water partition coefficient (Wildman–Crippen LogP) is 2.69. The van der Waals surface area contributed by atoms with Gasteiger partial charge in [0, 0.05) is 13.2 Å². The van der Waals surface area contributed by atoms with Gasteiger partial charge in [0.1, 0.15) is 0 Å². The Bertz CT molecular complexity index is 500. The Labute approximate surface area is 122 Å². The van der Waals surface area contributed by atoms with E-state index < -0.39 is 9.84 Å². The van der Waals surface area contributed by atoms with Gasteiger partial charge in [-0.05, 0) is 37.3 Å². The molecule has 0 spiro atoms. The van der Waals surface area contributed by atoms with Crippen molar-refractivity contribution in [2.24, 2.45) is 5.92 Å². The number of rotatable bonds is 9. The number of anilines is 1. The Hall–Kier alpha value is -1.07. The summed E-state index contributed by atoms with van der Waals surface area (Å²) in [5, 5.41) is 12.2. The van der Waals surface area contributed by atoms with Crippen molar-refractivity contribution in [1.29, 1.82) is 0 Å². The summed E-state index contributed by atoms with van der Waals surface area (Å²) in [6.07, 6.45) is 2.45. The van der Waals surface area contributed by atoms with Crippen molar-refractivity contribution in [1.82, 2.24) is 0 Å². The van der Waals surface area contributed by atoms with E-state index in [-0.39, 0.29) is 18.3 Å². The van der Waals surface area contributed by atoms with Crippen LogP contribution in [-0.4, -0.2) is 32.4 Å². The van der Waals surface area contributed by atoms with Crippen molar-refractivity contribution in [3.63, 3.8) is 0 Å². The van der Waals surface area contributed by atoms with Crippen LogP contribution in [0.2, 0.25) is 0 Å². The molecule has 0 bridgehead atoms. The summed E-state index contributed by atoms with van der Waals surface area (Å²) in [5.41, 5.74) is 0.678. The van der Waals surface area contributed by atoms with Crippen LogP contribution >= 0.6 is 0 Å². The van der Waals surface area contributed by atoms with Crippen molar-refractivity contribution in [3.05, 3.63) is 24.3 Å². The lowest BCUT2D eigenvalue weighted by Crippen LogP contribution is -2.12. The lowest BCUT2D eigenvalue weighted by Gasteiger charge is -2.13. The van der Waals surface area contributed by atoms with Crippen molar-refractivity contribution >= 4 is 15.5 Å². The zero-order valence-corrected chi connectivity index (χ0v) is 13.1.